The van der Waals surface area contributed by atoms with E-state index >= 15 is 0 Å². The topological polar surface area (TPSA) is 38.8 Å². The maximum Gasteiger partial charge on any atom is 0.254 e. The van der Waals surface area contributed by atoms with E-state index in [-0.39, 0.29) is 18.1 Å². The largest absolute Gasteiger partial charge is 0.493 e. The van der Waals surface area contributed by atoms with Crippen LogP contribution in [0.4, 0.5) is 0 Å². The number of amides is 1. The van der Waals surface area contributed by atoms with E-state index in [0.29, 0.717) is 31.2 Å². The zero-order chi connectivity index (χ0) is 15.4. The van der Waals surface area contributed by atoms with Crippen LogP contribution in [0, 0.1) is 5.92 Å². The first-order chi connectivity index (χ1) is 9.95. The lowest BCUT2D eigenvalue weighted by atomic mass is 10.1. The van der Waals surface area contributed by atoms with E-state index in [1.807, 2.05) is 43.0 Å². The number of hydrogen-bond donors (Lipinski definition) is 0. The van der Waals surface area contributed by atoms with Gasteiger partial charge in [0.2, 0.25) is 0 Å². The van der Waals surface area contributed by atoms with Gasteiger partial charge in [0.05, 0.1) is 18.8 Å². The first kappa shape index (κ1) is 15.8. The number of morpholine rings is 1. The van der Waals surface area contributed by atoms with Gasteiger partial charge in [0.25, 0.3) is 5.91 Å². The Bertz CT molecular complexity index is 459. The molecule has 0 unspecified atom stereocenters. The highest BCUT2D eigenvalue weighted by molar-refractivity contribution is 5.94. The fourth-order valence-corrected chi connectivity index (χ4v) is 2.48. The molecule has 0 N–H and O–H groups in total. The number of benzene rings is 1. The van der Waals surface area contributed by atoms with Crippen LogP contribution in [0.25, 0.3) is 0 Å². The number of nitrogens with zero attached hydrogens (tertiary/aromatic N) is 1. The summed E-state index contributed by atoms with van der Waals surface area (Å²) in [4.78, 5) is 14.4. The Kier molecular flexibility index (Phi) is 5.23. The summed E-state index contributed by atoms with van der Waals surface area (Å²) in [6, 6.07) is 7.40. The van der Waals surface area contributed by atoms with Crippen LogP contribution in [0.2, 0.25) is 0 Å². The summed E-state index contributed by atoms with van der Waals surface area (Å²) in [6.07, 6.45) is 0.178. The Morgan fingerprint density at radius 1 is 1.24 bits per heavy atom. The van der Waals surface area contributed by atoms with Gasteiger partial charge in [-0.3, -0.25) is 4.79 Å². The molecule has 0 bridgehead atoms. The molecule has 1 heterocycles. The molecule has 4 nitrogen and oxygen atoms in total. The van der Waals surface area contributed by atoms with E-state index in [9.17, 15) is 4.79 Å². The van der Waals surface area contributed by atoms with E-state index in [1.165, 1.54) is 0 Å². The Morgan fingerprint density at radius 2 is 1.81 bits per heavy atom. The van der Waals surface area contributed by atoms with Gasteiger partial charge in [-0.2, -0.15) is 0 Å². The molecule has 116 valence electrons. The normalized spacial score (nSPS) is 22.4. The second-order valence-corrected chi connectivity index (χ2v) is 6.20. The second kappa shape index (κ2) is 6.94. The van der Waals surface area contributed by atoms with Gasteiger partial charge in [0.1, 0.15) is 5.75 Å². The fourth-order valence-electron chi connectivity index (χ4n) is 2.48. The molecule has 0 radical (unpaired) electrons. The van der Waals surface area contributed by atoms with Crippen LogP contribution in [0.15, 0.2) is 24.3 Å². The van der Waals surface area contributed by atoms with Crippen molar-refractivity contribution in [3.63, 3.8) is 0 Å². The van der Waals surface area contributed by atoms with E-state index in [4.69, 9.17) is 9.47 Å². The van der Waals surface area contributed by atoms with E-state index < -0.39 is 0 Å². The lowest BCUT2D eigenvalue weighted by Crippen LogP contribution is -2.48. The van der Waals surface area contributed by atoms with Crippen molar-refractivity contribution in [2.24, 2.45) is 5.92 Å². The molecule has 1 amide bonds. The van der Waals surface area contributed by atoms with Crippen LogP contribution in [0.1, 0.15) is 38.1 Å². The Hall–Kier alpha value is -1.55. The molecule has 1 fully saturated rings. The summed E-state index contributed by atoms with van der Waals surface area (Å²) in [5.41, 5.74) is 0.702. The number of hydrogen-bond acceptors (Lipinski definition) is 3. The van der Waals surface area contributed by atoms with Crippen molar-refractivity contribution >= 4 is 5.91 Å². The molecule has 1 aromatic carbocycles. The van der Waals surface area contributed by atoms with Crippen molar-refractivity contribution in [3.05, 3.63) is 29.8 Å². The number of ether oxygens (including phenoxy) is 2. The van der Waals surface area contributed by atoms with Crippen LogP contribution in [-0.4, -0.2) is 42.7 Å². The van der Waals surface area contributed by atoms with Gasteiger partial charge in [-0.05, 0) is 44.0 Å². The average molecular weight is 291 g/mol. The predicted octanol–water partition coefficient (Wildman–Crippen LogP) is 2.97. The molecule has 4 heteroatoms. The zero-order valence-electron chi connectivity index (χ0n) is 13.3. The SMILES string of the molecule is CC(C)COc1ccc(C(=O)N2C[C@@H](C)O[C@H](C)C2)cc1. The third-order valence-electron chi connectivity index (χ3n) is 3.39. The molecule has 1 aliphatic rings. The Balaban J connectivity index is 1.99. The Morgan fingerprint density at radius 3 is 2.33 bits per heavy atom. The third-order valence-corrected chi connectivity index (χ3v) is 3.39. The van der Waals surface area contributed by atoms with Gasteiger partial charge in [0, 0.05) is 18.7 Å². The van der Waals surface area contributed by atoms with Crippen molar-refractivity contribution < 1.29 is 14.3 Å². The van der Waals surface area contributed by atoms with Crippen LogP contribution < -0.4 is 4.74 Å². The van der Waals surface area contributed by atoms with Crippen molar-refractivity contribution in [2.75, 3.05) is 19.7 Å². The summed E-state index contributed by atoms with van der Waals surface area (Å²) in [5.74, 6) is 1.36. The van der Waals surface area contributed by atoms with Crippen LogP contribution >= 0.6 is 0 Å². The lowest BCUT2D eigenvalue weighted by molar-refractivity contribution is -0.0586. The lowest BCUT2D eigenvalue weighted by Gasteiger charge is -2.35. The highest BCUT2D eigenvalue weighted by Crippen LogP contribution is 2.17. The van der Waals surface area contributed by atoms with Crippen LogP contribution in [-0.2, 0) is 4.74 Å². The minimum Gasteiger partial charge on any atom is -0.493 e. The van der Waals surface area contributed by atoms with Gasteiger partial charge < -0.3 is 14.4 Å². The molecule has 1 aromatic rings. The van der Waals surface area contributed by atoms with Crippen molar-refractivity contribution in [3.8, 4) is 5.75 Å². The highest BCUT2D eigenvalue weighted by Gasteiger charge is 2.26. The molecule has 0 aromatic heterocycles. The van der Waals surface area contributed by atoms with Gasteiger partial charge in [-0.1, -0.05) is 13.8 Å². The number of rotatable bonds is 4. The van der Waals surface area contributed by atoms with Crippen molar-refractivity contribution in [1.29, 1.82) is 0 Å². The van der Waals surface area contributed by atoms with E-state index in [2.05, 4.69) is 13.8 Å². The summed E-state index contributed by atoms with van der Waals surface area (Å²) in [5, 5.41) is 0. The molecule has 21 heavy (non-hydrogen) atoms. The molecule has 0 spiro atoms. The second-order valence-electron chi connectivity index (χ2n) is 6.20. The first-order valence-electron chi connectivity index (χ1n) is 7.63. The van der Waals surface area contributed by atoms with Crippen LogP contribution in [0.5, 0.6) is 5.75 Å². The monoisotopic (exact) mass is 291 g/mol. The molecule has 0 saturated carbocycles. The van der Waals surface area contributed by atoms with Gasteiger partial charge in [-0.15, -0.1) is 0 Å². The average Bonchev–Trinajstić information content (AvgIpc) is 2.44. The first-order valence-corrected chi connectivity index (χ1v) is 7.63. The quantitative estimate of drug-likeness (QED) is 0.856. The summed E-state index contributed by atoms with van der Waals surface area (Å²) in [7, 11) is 0. The molecule has 1 saturated heterocycles. The van der Waals surface area contributed by atoms with Gasteiger partial charge >= 0.3 is 0 Å². The maximum atomic E-state index is 12.5. The van der Waals surface area contributed by atoms with Crippen molar-refractivity contribution in [2.45, 2.75) is 39.9 Å². The van der Waals surface area contributed by atoms with E-state index in [1.54, 1.807) is 0 Å². The van der Waals surface area contributed by atoms with Gasteiger partial charge in [-0.25, -0.2) is 0 Å². The molecule has 0 aliphatic carbocycles. The molecular formula is C17H25NO3. The third kappa shape index (κ3) is 4.46. The van der Waals surface area contributed by atoms with Gasteiger partial charge in [0.15, 0.2) is 0 Å². The smallest absolute Gasteiger partial charge is 0.254 e. The maximum absolute atomic E-state index is 12.5. The van der Waals surface area contributed by atoms with E-state index in [0.717, 1.165) is 5.75 Å². The van der Waals surface area contributed by atoms with Crippen LogP contribution in [0.3, 0.4) is 0 Å². The molecule has 2 rings (SSSR count). The summed E-state index contributed by atoms with van der Waals surface area (Å²) >= 11 is 0. The zero-order valence-corrected chi connectivity index (χ0v) is 13.3. The molecule has 1 aliphatic heterocycles. The molecule has 2 atom stereocenters. The number of carbonyl (C=O) groups excluding carboxylic acids is 1. The number of carbonyl (C=O) groups is 1. The standard InChI is InChI=1S/C17H25NO3/c1-12(2)11-20-16-7-5-15(6-8-16)17(19)18-9-13(3)21-14(4)10-18/h5-8,12-14H,9-11H2,1-4H3/t13-,14-/m1/s1. The fraction of sp³-hybridized carbons (Fsp3) is 0.588. The molecular weight excluding hydrogens is 266 g/mol. The summed E-state index contributed by atoms with van der Waals surface area (Å²) < 4.78 is 11.3. The minimum atomic E-state index is 0.0624. The summed E-state index contributed by atoms with van der Waals surface area (Å²) in [6.45, 7) is 10.2. The highest BCUT2D eigenvalue weighted by atomic mass is 16.5. The minimum absolute atomic E-state index is 0.0624. The van der Waals surface area contributed by atoms with Crippen molar-refractivity contribution in [1.82, 2.24) is 4.90 Å². The Labute approximate surface area is 127 Å². The predicted molar refractivity (Wildman–Crippen MR) is 82.7 cm³/mol.